The van der Waals surface area contributed by atoms with Crippen molar-refractivity contribution in [2.45, 2.75) is 53.2 Å². The number of hydrogen-bond acceptors (Lipinski definition) is 8. The van der Waals surface area contributed by atoms with Crippen molar-refractivity contribution in [3.8, 4) is 11.5 Å². The summed E-state index contributed by atoms with van der Waals surface area (Å²) in [6.45, 7) is 10.2. The molecule has 0 amide bonds. The molecule has 0 spiro atoms. The van der Waals surface area contributed by atoms with Gasteiger partial charge in [-0.15, -0.1) is 11.3 Å². The van der Waals surface area contributed by atoms with E-state index in [9.17, 15) is 9.59 Å². The highest BCUT2D eigenvalue weighted by Crippen LogP contribution is 2.36. The van der Waals surface area contributed by atoms with Gasteiger partial charge in [-0.2, -0.15) is 0 Å². The van der Waals surface area contributed by atoms with Crippen molar-refractivity contribution in [2.75, 3.05) is 13.7 Å². The molecule has 196 valence electrons. The molecular weight excluding hydrogens is 508 g/mol. The van der Waals surface area contributed by atoms with E-state index in [-0.39, 0.29) is 11.7 Å². The monoisotopic (exact) mass is 540 g/mol. The molecule has 0 saturated heterocycles. The molecule has 0 N–H and O–H groups in total. The minimum Gasteiger partial charge on any atom is -0.493 e. The number of ether oxygens (including phenoxy) is 3. The fourth-order valence-electron chi connectivity index (χ4n) is 4.06. The number of methoxy groups -OCH3 is 1. The predicted molar refractivity (Wildman–Crippen MR) is 147 cm³/mol. The van der Waals surface area contributed by atoms with Crippen LogP contribution < -0.4 is 24.4 Å². The van der Waals surface area contributed by atoms with E-state index < -0.39 is 12.0 Å². The molecule has 0 bridgehead atoms. The third-order valence-electron chi connectivity index (χ3n) is 5.86. The smallest absolute Gasteiger partial charge is 0.338 e. The highest BCUT2D eigenvalue weighted by Gasteiger charge is 2.34. The van der Waals surface area contributed by atoms with E-state index in [1.165, 1.54) is 11.3 Å². The SMILES string of the molecule is COc1cc(C2C(C(=O)OC(C)C)=C(C)N=c3s/c(=C\c4cccs4)c(=O)n32)ccc1OCCC(C)C. The first-order valence-corrected chi connectivity index (χ1v) is 14.0. The summed E-state index contributed by atoms with van der Waals surface area (Å²) in [7, 11) is 1.58. The lowest BCUT2D eigenvalue weighted by Crippen LogP contribution is -2.40. The number of nitrogens with zero attached hydrogens (tertiary/aromatic N) is 2. The molecule has 0 fully saturated rings. The zero-order chi connectivity index (χ0) is 26.7. The number of aromatic nitrogens is 1. The van der Waals surface area contributed by atoms with Gasteiger partial charge in [0.15, 0.2) is 16.3 Å². The first-order chi connectivity index (χ1) is 17.7. The van der Waals surface area contributed by atoms with Gasteiger partial charge in [0.05, 0.1) is 41.7 Å². The van der Waals surface area contributed by atoms with Gasteiger partial charge in [-0.1, -0.05) is 37.3 Å². The highest BCUT2D eigenvalue weighted by molar-refractivity contribution is 7.11. The number of allylic oxidation sites excluding steroid dienone is 1. The molecule has 9 heteroatoms. The standard InChI is InChI=1S/C28H32N2O5S2/c1-16(2)11-12-34-21-10-9-19(14-22(21)33-6)25-24(27(32)35-17(3)4)18(5)29-28-30(25)26(31)23(37-28)15-20-8-7-13-36-20/h7-10,13-17,25H,11-12H2,1-6H3/b23-15-. The molecule has 2 aromatic heterocycles. The summed E-state index contributed by atoms with van der Waals surface area (Å²) >= 11 is 2.86. The predicted octanol–water partition coefficient (Wildman–Crippen LogP) is 4.68. The molecule has 0 aliphatic carbocycles. The molecule has 4 rings (SSSR count). The molecule has 1 aliphatic rings. The van der Waals surface area contributed by atoms with Crippen molar-refractivity contribution in [2.24, 2.45) is 10.9 Å². The van der Waals surface area contributed by atoms with Crippen LogP contribution in [0.1, 0.15) is 57.5 Å². The Morgan fingerprint density at radius 2 is 1.97 bits per heavy atom. The highest BCUT2D eigenvalue weighted by atomic mass is 32.1. The van der Waals surface area contributed by atoms with Crippen molar-refractivity contribution in [3.05, 3.63) is 77.1 Å². The van der Waals surface area contributed by atoms with E-state index >= 15 is 0 Å². The molecule has 7 nitrogen and oxygen atoms in total. The number of carbonyl (C=O) groups excluding carboxylic acids is 1. The Kier molecular flexibility index (Phi) is 8.34. The molecule has 0 saturated carbocycles. The quantitative estimate of drug-likeness (QED) is 0.368. The minimum atomic E-state index is -0.716. The lowest BCUT2D eigenvalue weighted by Gasteiger charge is -2.26. The number of carbonyl (C=O) groups is 1. The Balaban J connectivity index is 1.86. The minimum absolute atomic E-state index is 0.208. The van der Waals surface area contributed by atoms with Gasteiger partial charge >= 0.3 is 5.97 Å². The first-order valence-electron chi connectivity index (χ1n) is 12.3. The topological polar surface area (TPSA) is 79.1 Å². The van der Waals surface area contributed by atoms with E-state index in [2.05, 4.69) is 18.8 Å². The third kappa shape index (κ3) is 5.88. The number of esters is 1. The summed E-state index contributed by atoms with van der Waals surface area (Å²) in [6.07, 6.45) is 2.46. The lowest BCUT2D eigenvalue weighted by molar-refractivity contribution is -0.143. The molecule has 3 aromatic rings. The maximum absolute atomic E-state index is 13.7. The van der Waals surface area contributed by atoms with Crippen molar-refractivity contribution in [3.63, 3.8) is 0 Å². The van der Waals surface area contributed by atoms with Gasteiger partial charge in [-0.3, -0.25) is 9.36 Å². The van der Waals surface area contributed by atoms with Crippen LogP contribution >= 0.6 is 22.7 Å². The van der Waals surface area contributed by atoms with Gasteiger partial charge < -0.3 is 14.2 Å². The van der Waals surface area contributed by atoms with Crippen LogP contribution in [0.5, 0.6) is 11.5 Å². The van der Waals surface area contributed by atoms with Crippen molar-refractivity contribution in [1.82, 2.24) is 4.57 Å². The van der Waals surface area contributed by atoms with Crippen LogP contribution in [0.15, 0.2) is 56.8 Å². The molecule has 3 heterocycles. The van der Waals surface area contributed by atoms with Gasteiger partial charge in [0.1, 0.15) is 0 Å². The summed E-state index contributed by atoms with van der Waals surface area (Å²) in [5, 5.41) is 1.97. The van der Waals surface area contributed by atoms with E-state index in [4.69, 9.17) is 14.2 Å². The molecule has 37 heavy (non-hydrogen) atoms. The number of hydrogen-bond donors (Lipinski definition) is 0. The zero-order valence-corrected chi connectivity index (χ0v) is 23.6. The van der Waals surface area contributed by atoms with Gasteiger partial charge in [0.25, 0.3) is 5.56 Å². The van der Waals surface area contributed by atoms with Crippen molar-refractivity contribution < 1.29 is 19.0 Å². The van der Waals surface area contributed by atoms with Crippen molar-refractivity contribution in [1.29, 1.82) is 0 Å². The number of fused-ring (bicyclic) bond motifs is 1. The summed E-state index contributed by atoms with van der Waals surface area (Å²) in [4.78, 5) is 33.2. The Morgan fingerprint density at radius 1 is 1.19 bits per heavy atom. The summed E-state index contributed by atoms with van der Waals surface area (Å²) < 4.78 is 19.3. The van der Waals surface area contributed by atoms with E-state index in [1.54, 1.807) is 43.8 Å². The van der Waals surface area contributed by atoms with Gasteiger partial charge in [-0.05, 0) is 68.3 Å². The maximum Gasteiger partial charge on any atom is 0.338 e. The Bertz CT molecular complexity index is 1480. The largest absolute Gasteiger partial charge is 0.493 e. The number of benzene rings is 1. The van der Waals surface area contributed by atoms with Gasteiger partial charge in [0.2, 0.25) is 0 Å². The van der Waals surface area contributed by atoms with E-state index in [0.717, 1.165) is 11.3 Å². The molecule has 1 aliphatic heterocycles. The second kappa shape index (κ2) is 11.5. The number of thiophene rings is 1. The Hall–Kier alpha value is -3.17. The normalized spacial score (nSPS) is 15.7. The fraction of sp³-hybridized carbons (Fsp3) is 0.393. The second-order valence-electron chi connectivity index (χ2n) is 9.49. The Morgan fingerprint density at radius 3 is 2.62 bits per heavy atom. The molecule has 1 aromatic carbocycles. The molecular formula is C28H32N2O5S2. The van der Waals surface area contributed by atoms with Gasteiger partial charge in [0, 0.05) is 4.88 Å². The van der Waals surface area contributed by atoms with Crippen LogP contribution in [0, 0.1) is 5.92 Å². The number of thiazole rings is 1. The third-order valence-corrected chi connectivity index (χ3v) is 7.66. The average molecular weight is 541 g/mol. The molecule has 0 radical (unpaired) electrons. The summed E-state index contributed by atoms with van der Waals surface area (Å²) in [6, 6.07) is 8.71. The van der Waals surface area contributed by atoms with Gasteiger partial charge in [-0.25, -0.2) is 9.79 Å². The van der Waals surface area contributed by atoms with Crippen molar-refractivity contribution >= 4 is 34.7 Å². The average Bonchev–Trinajstić information content (AvgIpc) is 3.45. The summed E-state index contributed by atoms with van der Waals surface area (Å²) in [5.74, 6) is 1.17. The summed E-state index contributed by atoms with van der Waals surface area (Å²) in [5.41, 5.74) is 1.36. The fourth-order valence-corrected chi connectivity index (χ4v) is 5.83. The van der Waals surface area contributed by atoms with Crippen LogP contribution in [0.25, 0.3) is 6.08 Å². The first kappa shape index (κ1) is 26.9. The Labute approximate surface area is 224 Å². The van der Waals surface area contributed by atoms with E-state index in [0.29, 0.717) is 50.2 Å². The molecule has 1 unspecified atom stereocenters. The maximum atomic E-state index is 13.7. The van der Waals surface area contributed by atoms with Crippen LogP contribution in [0.4, 0.5) is 0 Å². The van der Waals surface area contributed by atoms with Crippen LogP contribution in [0.3, 0.4) is 0 Å². The number of rotatable bonds is 9. The van der Waals surface area contributed by atoms with Crippen LogP contribution in [-0.2, 0) is 9.53 Å². The second-order valence-corrected chi connectivity index (χ2v) is 11.5. The zero-order valence-electron chi connectivity index (χ0n) is 21.9. The van der Waals surface area contributed by atoms with Crippen LogP contribution in [-0.4, -0.2) is 30.4 Å². The van der Waals surface area contributed by atoms with E-state index in [1.807, 2.05) is 41.8 Å². The lowest BCUT2D eigenvalue weighted by atomic mass is 9.95. The molecule has 1 atom stereocenters. The van der Waals surface area contributed by atoms with Crippen LogP contribution in [0.2, 0.25) is 0 Å².